The summed E-state index contributed by atoms with van der Waals surface area (Å²) in [5, 5.41) is 0. The van der Waals surface area contributed by atoms with Crippen LogP contribution in [0.5, 0.6) is 5.75 Å². The summed E-state index contributed by atoms with van der Waals surface area (Å²) < 4.78 is 5.60. The van der Waals surface area contributed by atoms with Gasteiger partial charge in [-0.2, -0.15) is 0 Å². The fourth-order valence-electron chi connectivity index (χ4n) is 1.56. The van der Waals surface area contributed by atoms with Crippen LogP contribution in [0.3, 0.4) is 0 Å². The Kier molecular flexibility index (Phi) is 4.73. The van der Waals surface area contributed by atoms with Crippen molar-refractivity contribution in [1.82, 2.24) is 0 Å². The largest absolute Gasteiger partial charge is 0.493 e. The van der Waals surface area contributed by atoms with Crippen LogP contribution >= 0.6 is 0 Å². The topological polar surface area (TPSA) is 26.3 Å². The number of hydrogen-bond acceptors (Lipinski definition) is 2. The molecule has 1 rings (SSSR count). The Balaban J connectivity index is 2.90. The van der Waals surface area contributed by atoms with Gasteiger partial charge in [0.15, 0.2) is 6.29 Å². The van der Waals surface area contributed by atoms with Crippen LogP contribution in [0.1, 0.15) is 56.5 Å². The smallest absolute Gasteiger partial charge is 0.153 e. The molecule has 0 heterocycles. The lowest BCUT2D eigenvalue weighted by Crippen LogP contribution is -2.12. The Morgan fingerprint density at radius 3 is 2.53 bits per heavy atom. The number of ether oxygens (including phenoxy) is 1. The highest BCUT2D eigenvalue weighted by atomic mass is 16.5. The zero-order valence-electron chi connectivity index (χ0n) is 11.2. The second-order valence-corrected chi connectivity index (χ2v) is 5.32. The van der Waals surface area contributed by atoms with E-state index in [2.05, 4.69) is 27.7 Å². The van der Waals surface area contributed by atoms with Crippen molar-refractivity contribution in [2.45, 2.75) is 46.0 Å². The lowest BCUT2D eigenvalue weighted by atomic mass is 9.86. The first-order valence-electron chi connectivity index (χ1n) is 6.21. The van der Waals surface area contributed by atoms with Gasteiger partial charge in [-0.05, 0) is 29.5 Å². The van der Waals surface area contributed by atoms with Crippen LogP contribution in [0.2, 0.25) is 0 Å². The summed E-state index contributed by atoms with van der Waals surface area (Å²) in [6.45, 7) is 9.19. The number of rotatable bonds is 5. The molecule has 0 bridgehead atoms. The quantitative estimate of drug-likeness (QED) is 0.569. The van der Waals surface area contributed by atoms with Crippen LogP contribution in [0, 0.1) is 0 Å². The maximum absolute atomic E-state index is 11.1. The second kappa shape index (κ2) is 5.85. The Labute approximate surface area is 104 Å². The van der Waals surface area contributed by atoms with Crippen molar-refractivity contribution >= 4 is 6.29 Å². The number of carbonyl (C=O) groups is 1. The van der Waals surface area contributed by atoms with E-state index in [1.165, 1.54) is 0 Å². The average molecular weight is 234 g/mol. The van der Waals surface area contributed by atoms with Crippen molar-refractivity contribution in [3.05, 3.63) is 29.3 Å². The molecule has 17 heavy (non-hydrogen) atoms. The predicted molar refractivity (Wildman–Crippen MR) is 70.9 cm³/mol. The first-order chi connectivity index (χ1) is 7.99. The van der Waals surface area contributed by atoms with Crippen molar-refractivity contribution in [2.75, 3.05) is 6.61 Å². The van der Waals surface area contributed by atoms with Gasteiger partial charge in [-0.15, -0.1) is 0 Å². The molecule has 0 spiro atoms. The van der Waals surface area contributed by atoms with Gasteiger partial charge in [-0.25, -0.2) is 0 Å². The third kappa shape index (κ3) is 3.88. The molecule has 0 amide bonds. The van der Waals surface area contributed by atoms with Crippen molar-refractivity contribution in [3.63, 3.8) is 0 Å². The molecule has 0 N–H and O–H groups in total. The molecule has 2 heteroatoms. The van der Waals surface area contributed by atoms with Gasteiger partial charge in [0.2, 0.25) is 0 Å². The van der Waals surface area contributed by atoms with Gasteiger partial charge in [-0.3, -0.25) is 4.79 Å². The summed E-state index contributed by atoms with van der Waals surface area (Å²) in [5.41, 5.74) is 1.86. The van der Waals surface area contributed by atoms with E-state index in [4.69, 9.17) is 4.74 Å². The average Bonchev–Trinajstić information content (AvgIpc) is 2.28. The van der Waals surface area contributed by atoms with E-state index in [0.717, 1.165) is 24.7 Å². The Morgan fingerprint density at radius 1 is 1.29 bits per heavy atom. The van der Waals surface area contributed by atoms with E-state index in [0.29, 0.717) is 17.9 Å². The Bertz CT molecular complexity index is 375. The van der Waals surface area contributed by atoms with Crippen molar-refractivity contribution in [1.29, 1.82) is 0 Å². The van der Waals surface area contributed by atoms with Crippen LogP contribution in [-0.4, -0.2) is 12.9 Å². The normalized spacial score (nSPS) is 11.3. The molecule has 0 aliphatic rings. The molecule has 0 aliphatic carbocycles. The van der Waals surface area contributed by atoms with Gasteiger partial charge < -0.3 is 4.74 Å². The molecule has 0 unspecified atom stereocenters. The number of aldehydes is 1. The first kappa shape index (κ1) is 13.8. The highest BCUT2D eigenvalue weighted by Crippen LogP contribution is 2.27. The van der Waals surface area contributed by atoms with Gasteiger partial charge in [0.25, 0.3) is 0 Å². The van der Waals surface area contributed by atoms with Crippen molar-refractivity contribution < 1.29 is 9.53 Å². The molecule has 0 saturated heterocycles. The molecule has 0 saturated carbocycles. The van der Waals surface area contributed by atoms with E-state index < -0.39 is 0 Å². The summed E-state index contributed by atoms with van der Waals surface area (Å²) in [6, 6.07) is 5.86. The van der Waals surface area contributed by atoms with Crippen LogP contribution in [-0.2, 0) is 5.41 Å². The molecular formula is C15H22O2. The standard InChI is InChI=1S/C15H22O2/c1-5-6-9-17-14-8-7-13(15(2,3)4)10-12(14)11-16/h7-8,10-11H,5-6,9H2,1-4H3. The lowest BCUT2D eigenvalue weighted by molar-refractivity contribution is 0.111. The Hall–Kier alpha value is -1.31. The summed E-state index contributed by atoms with van der Waals surface area (Å²) in [4.78, 5) is 11.1. The highest BCUT2D eigenvalue weighted by molar-refractivity contribution is 5.79. The fourth-order valence-corrected chi connectivity index (χ4v) is 1.56. The van der Waals surface area contributed by atoms with Crippen LogP contribution in [0.25, 0.3) is 0 Å². The third-order valence-corrected chi connectivity index (χ3v) is 2.76. The first-order valence-corrected chi connectivity index (χ1v) is 6.21. The summed E-state index contributed by atoms with van der Waals surface area (Å²) in [7, 11) is 0. The number of hydrogen-bond donors (Lipinski definition) is 0. The maximum Gasteiger partial charge on any atom is 0.153 e. The van der Waals surface area contributed by atoms with Crippen molar-refractivity contribution in [2.24, 2.45) is 0 Å². The molecule has 94 valence electrons. The minimum Gasteiger partial charge on any atom is -0.493 e. The fraction of sp³-hybridized carbons (Fsp3) is 0.533. The monoisotopic (exact) mass is 234 g/mol. The number of carbonyl (C=O) groups excluding carboxylic acids is 1. The predicted octanol–water partition coefficient (Wildman–Crippen LogP) is 3.98. The second-order valence-electron chi connectivity index (χ2n) is 5.32. The molecule has 1 aromatic rings. The van der Waals surface area contributed by atoms with Gasteiger partial charge >= 0.3 is 0 Å². The van der Waals surface area contributed by atoms with Gasteiger partial charge in [0, 0.05) is 0 Å². The van der Waals surface area contributed by atoms with E-state index >= 15 is 0 Å². The maximum atomic E-state index is 11.1. The lowest BCUT2D eigenvalue weighted by Gasteiger charge is -2.20. The molecule has 0 aromatic heterocycles. The minimum absolute atomic E-state index is 0.0553. The minimum atomic E-state index is 0.0553. The van der Waals surface area contributed by atoms with Crippen LogP contribution in [0.15, 0.2) is 18.2 Å². The third-order valence-electron chi connectivity index (χ3n) is 2.76. The van der Waals surface area contributed by atoms with E-state index in [1.54, 1.807) is 0 Å². The van der Waals surface area contributed by atoms with Crippen LogP contribution < -0.4 is 4.74 Å². The van der Waals surface area contributed by atoms with Crippen LogP contribution in [0.4, 0.5) is 0 Å². The molecule has 2 nitrogen and oxygen atoms in total. The molecule has 0 radical (unpaired) electrons. The van der Waals surface area contributed by atoms with E-state index in [-0.39, 0.29) is 5.41 Å². The molecule has 0 aliphatic heterocycles. The van der Waals surface area contributed by atoms with E-state index in [1.807, 2.05) is 18.2 Å². The van der Waals surface area contributed by atoms with Crippen molar-refractivity contribution in [3.8, 4) is 5.75 Å². The zero-order valence-corrected chi connectivity index (χ0v) is 11.2. The molecule has 0 fully saturated rings. The number of unbranched alkanes of at least 4 members (excludes halogenated alkanes) is 1. The van der Waals surface area contributed by atoms with Gasteiger partial charge in [-0.1, -0.05) is 40.2 Å². The highest BCUT2D eigenvalue weighted by Gasteiger charge is 2.15. The molecule has 0 atom stereocenters. The summed E-state index contributed by atoms with van der Waals surface area (Å²) >= 11 is 0. The summed E-state index contributed by atoms with van der Waals surface area (Å²) in [5.74, 6) is 0.696. The molecule has 1 aromatic carbocycles. The zero-order chi connectivity index (χ0) is 12.9. The Morgan fingerprint density at radius 2 is 2.00 bits per heavy atom. The molecular weight excluding hydrogens is 212 g/mol. The van der Waals surface area contributed by atoms with Gasteiger partial charge in [0.1, 0.15) is 5.75 Å². The number of benzene rings is 1. The van der Waals surface area contributed by atoms with E-state index in [9.17, 15) is 4.79 Å². The van der Waals surface area contributed by atoms with Gasteiger partial charge in [0.05, 0.1) is 12.2 Å². The summed E-state index contributed by atoms with van der Waals surface area (Å²) in [6.07, 6.45) is 2.98. The SMILES string of the molecule is CCCCOc1ccc(C(C)(C)C)cc1C=O.